The first-order valence-electron chi connectivity index (χ1n) is 8.16. The predicted octanol–water partition coefficient (Wildman–Crippen LogP) is 1.67. The second kappa shape index (κ2) is 7.90. The zero-order valence-corrected chi connectivity index (χ0v) is 14.4. The van der Waals surface area contributed by atoms with Gasteiger partial charge in [0.05, 0.1) is 6.04 Å². The minimum Gasteiger partial charge on any atom is -0.337 e. The van der Waals surface area contributed by atoms with Gasteiger partial charge in [-0.1, -0.05) is 25.8 Å². The molecule has 1 aliphatic rings. The number of carbonyl (C=O) groups is 3. The number of urea groups is 1. The summed E-state index contributed by atoms with van der Waals surface area (Å²) in [4.78, 5) is 44.5. The van der Waals surface area contributed by atoms with Crippen LogP contribution in [-0.4, -0.2) is 64.7 Å². The summed E-state index contributed by atoms with van der Waals surface area (Å²) < 4.78 is 0. The normalized spacial score (nSPS) is 15.8. The molecular weight excluding hydrogens is 308 g/mol. The Morgan fingerprint density at radius 3 is 2.71 bits per heavy atom. The molecule has 0 N–H and O–H groups in total. The average molecular weight is 332 g/mol. The number of imide groups is 1. The van der Waals surface area contributed by atoms with Gasteiger partial charge < -0.3 is 9.80 Å². The molecule has 0 aromatic carbocycles. The van der Waals surface area contributed by atoms with Crippen molar-refractivity contribution in [3.63, 3.8) is 0 Å². The number of hydrogen-bond acceptors (Lipinski definition) is 4. The smallest absolute Gasteiger partial charge is 0.327 e. The zero-order valence-electron chi connectivity index (χ0n) is 14.4. The van der Waals surface area contributed by atoms with Crippen LogP contribution in [0.15, 0.2) is 24.5 Å². The molecule has 1 unspecified atom stereocenters. The number of likely N-dealkylation sites (N-methyl/N-ethyl adjacent to an activating group) is 2. The van der Waals surface area contributed by atoms with E-state index in [0.717, 1.165) is 29.7 Å². The van der Waals surface area contributed by atoms with Crippen LogP contribution >= 0.6 is 0 Å². The minimum atomic E-state index is -0.423. The number of amides is 4. The number of aromatic nitrogens is 1. The first-order valence-corrected chi connectivity index (χ1v) is 8.16. The van der Waals surface area contributed by atoms with Crippen molar-refractivity contribution in [2.24, 2.45) is 0 Å². The number of unbranched alkanes of at least 4 members (excludes halogenated alkanes) is 1. The molecule has 2 heterocycles. The second-order valence-electron chi connectivity index (χ2n) is 6.07. The highest BCUT2D eigenvalue weighted by atomic mass is 16.2. The highest BCUT2D eigenvalue weighted by Crippen LogP contribution is 2.25. The molecule has 1 aliphatic heterocycles. The lowest BCUT2D eigenvalue weighted by Gasteiger charge is -2.29. The zero-order chi connectivity index (χ0) is 17.7. The highest BCUT2D eigenvalue weighted by Gasteiger charge is 2.36. The molecule has 1 saturated heterocycles. The summed E-state index contributed by atoms with van der Waals surface area (Å²) in [6.07, 6.45) is 6.25. The van der Waals surface area contributed by atoms with E-state index in [1.807, 2.05) is 12.1 Å². The quantitative estimate of drug-likeness (QED) is 0.712. The third-order valence-corrected chi connectivity index (χ3v) is 4.29. The summed E-state index contributed by atoms with van der Waals surface area (Å²) in [7, 11) is 3.26. The van der Waals surface area contributed by atoms with Crippen molar-refractivity contribution in [2.45, 2.75) is 32.2 Å². The van der Waals surface area contributed by atoms with E-state index < -0.39 is 6.03 Å². The molecule has 24 heavy (non-hydrogen) atoms. The van der Waals surface area contributed by atoms with Crippen LogP contribution < -0.4 is 0 Å². The van der Waals surface area contributed by atoms with E-state index in [-0.39, 0.29) is 30.9 Å². The van der Waals surface area contributed by atoms with Gasteiger partial charge in [-0.2, -0.15) is 0 Å². The highest BCUT2D eigenvalue weighted by molar-refractivity contribution is 6.04. The summed E-state index contributed by atoms with van der Waals surface area (Å²) in [5.74, 6) is -0.590. The molecule has 4 amide bonds. The van der Waals surface area contributed by atoms with Gasteiger partial charge in [-0.25, -0.2) is 4.79 Å². The Labute approximate surface area is 142 Å². The second-order valence-corrected chi connectivity index (χ2v) is 6.07. The predicted molar refractivity (Wildman–Crippen MR) is 89.0 cm³/mol. The fraction of sp³-hybridized carbons (Fsp3) is 0.529. The van der Waals surface area contributed by atoms with Gasteiger partial charge in [-0.05, 0) is 18.1 Å². The van der Waals surface area contributed by atoms with Crippen LogP contribution in [-0.2, 0) is 9.59 Å². The van der Waals surface area contributed by atoms with Crippen LogP contribution in [0.5, 0.6) is 0 Å². The first kappa shape index (κ1) is 17.9. The maximum atomic E-state index is 12.6. The molecule has 7 heteroatoms. The summed E-state index contributed by atoms with van der Waals surface area (Å²) in [5.41, 5.74) is 0.956. The summed E-state index contributed by atoms with van der Waals surface area (Å²) in [6, 6.07) is 3.25. The number of nitrogens with zero attached hydrogens (tertiary/aromatic N) is 4. The van der Waals surface area contributed by atoms with Crippen molar-refractivity contribution in [1.82, 2.24) is 19.7 Å². The van der Waals surface area contributed by atoms with E-state index in [1.54, 1.807) is 31.4 Å². The van der Waals surface area contributed by atoms with Crippen molar-refractivity contribution in [2.75, 3.05) is 27.2 Å². The van der Waals surface area contributed by atoms with Gasteiger partial charge >= 0.3 is 6.03 Å². The molecule has 0 aliphatic carbocycles. The van der Waals surface area contributed by atoms with Crippen LogP contribution in [0.1, 0.15) is 37.8 Å². The van der Waals surface area contributed by atoms with Crippen LogP contribution in [0.3, 0.4) is 0 Å². The standard InChI is InChI=1S/C17H24N4O3/c1-4-5-8-14(13-7-6-9-18-10-13)20(3)15(22)12-21-16(23)11-19(2)17(21)24/h6-7,9-10,14H,4-5,8,11-12H2,1-3H3. The molecule has 7 nitrogen and oxygen atoms in total. The first-order chi connectivity index (χ1) is 11.5. The summed E-state index contributed by atoms with van der Waals surface area (Å²) >= 11 is 0. The average Bonchev–Trinajstić information content (AvgIpc) is 2.82. The molecule has 130 valence electrons. The van der Waals surface area contributed by atoms with Crippen molar-refractivity contribution in [1.29, 1.82) is 0 Å². The monoisotopic (exact) mass is 332 g/mol. The van der Waals surface area contributed by atoms with Gasteiger partial charge in [0.2, 0.25) is 5.91 Å². The Balaban J connectivity index is 2.11. The largest absolute Gasteiger partial charge is 0.337 e. The number of carbonyl (C=O) groups excluding carboxylic acids is 3. The van der Waals surface area contributed by atoms with Crippen molar-refractivity contribution in [3.8, 4) is 0 Å². The third kappa shape index (κ3) is 3.90. The Kier molecular flexibility index (Phi) is 5.89. The Bertz CT molecular complexity index is 605. The molecular formula is C17H24N4O3. The van der Waals surface area contributed by atoms with E-state index in [4.69, 9.17) is 0 Å². The van der Waals surface area contributed by atoms with Gasteiger partial charge in [-0.3, -0.25) is 19.5 Å². The topological polar surface area (TPSA) is 73.8 Å². The maximum Gasteiger partial charge on any atom is 0.327 e. The number of pyridine rings is 1. The van der Waals surface area contributed by atoms with E-state index >= 15 is 0 Å². The molecule has 0 saturated carbocycles. The Morgan fingerprint density at radius 2 is 2.17 bits per heavy atom. The number of hydrogen-bond donors (Lipinski definition) is 0. The van der Waals surface area contributed by atoms with Gasteiger partial charge in [0, 0.05) is 26.5 Å². The van der Waals surface area contributed by atoms with E-state index in [2.05, 4.69) is 11.9 Å². The fourth-order valence-corrected chi connectivity index (χ4v) is 2.80. The maximum absolute atomic E-state index is 12.6. The summed E-state index contributed by atoms with van der Waals surface area (Å²) in [5, 5.41) is 0. The molecule has 1 atom stereocenters. The van der Waals surface area contributed by atoms with Gasteiger partial charge in [-0.15, -0.1) is 0 Å². The molecule has 1 aromatic heterocycles. The SMILES string of the molecule is CCCCC(c1cccnc1)N(C)C(=O)CN1C(=O)CN(C)C1=O. The molecule has 0 radical (unpaired) electrons. The van der Waals surface area contributed by atoms with Crippen molar-refractivity contribution in [3.05, 3.63) is 30.1 Å². The lowest BCUT2D eigenvalue weighted by molar-refractivity contribution is -0.137. The minimum absolute atomic E-state index is 0.0255. The van der Waals surface area contributed by atoms with E-state index in [1.165, 1.54) is 4.90 Å². The molecule has 1 fully saturated rings. The number of rotatable bonds is 7. The van der Waals surface area contributed by atoms with Crippen molar-refractivity contribution >= 4 is 17.8 Å². The van der Waals surface area contributed by atoms with E-state index in [0.29, 0.717) is 0 Å². The fourth-order valence-electron chi connectivity index (χ4n) is 2.80. The third-order valence-electron chi connectivity index (χ3n) is 4.29. The van der Waals surface area contributed by atoms with Crippen LogP contribution in [0.4, 0.5) is 4.79 Å². The lowest BCUT2D eigenvalue weighted by atomic mass is 10.0. The van der Waals surface area contributed by atoms with Gasteiger partial charge in [0.15, 0.2) is 0 Å². The molecule has 2 rings (SSSR count). The Morgan fingerprint density at radius 1 is 1.42 bits per heavy atom. The van der Waals surface area contributed by atoms with Crippen LogP contribution in [0.25, 0.3) is 0 Å². The molecule has 1 aromatic rings. The molecule has 0 spiro atoms. The van der Waals surface area contributed by atoms with E-state index in [9.17, 15) is 14.4 Å². The van der Waals surface area contributed by atoms with Crippen molar-refractivity contribution < 1.29 is 14.4 Å². The van der Waals surface area contributed by atoms with Crippen LogP contribution in [0.2, 0.25) is 0 Å². The van der Waals surface area contributed by atoms with Gasteiger partial charge in [0.25, 0.3) is 5.91 Å². The molecule has 0 bridgehead atoms. The Hall–Kier alpha value is -2.44. The lowest BCUT2D eigenvalue weighted by Crippen LogP contribution is -2.43. The van der Waals surface area contributed by atoms with Crippen LogP contribution in [0, 0.1) is 0 Å². The summed E-state index contributed by atoms with van der Waals surface area (Å²) in [6.45, 7) is 1.90. The van der Waals surface area contributed by atoms with Gasteiger partial charge in [0.1, 0.15) is 13.1 Å².